The van der Waals surface area contributed by atoms with Crippen LogP contribution >= 0.6 is 22.9 Å². The molecule has 0 atom stereocenters. The van der Waals surface area contributed by atoms with Gasteiger partial charge in [-0.1, -0.05) is 11.6 Å². The fourth-order valence-corrected chi connectivity index (χ4v) is 1.70. The highest BCUT2D eigenvalue weighted by Gasteiger charge is 1.93. The molecular weight excluding hydrogens is 208 g/mol. The third-order valence-corrected chi connectivity index (χ3v) is 2.48. The Kier molecular flexibility index (Phi) is 2.37. The summed E-state index contributed by atoms with van der Waals surface area (Å²) in [5.41, 5.74) is 0. The van der Waals surface area contributed by atoms with Crippen LogP contribution in [-0.2, 0) is 0 Å². The van der Waals surface area contributed by atoms with Gasteiger partial charge in [-0.25, -0.2) is 4.68 Å². The maximum absolute atomic E-state index is 5.75. The quantitative estimate of drug-likeness (QED) is 0.714. The largest absolute Gasteiger partial charge is 0.208 e. The summed E-state index contributed by atoms with van der Waals surface area (Å²) in [4.78, 5) is 0.999. The maximum Gasteiger partial charge on any atom is 0.141 e. The molecule has 2 aromatic heterocycles. The summed E-state index contributed by atoms with van der Waals surface area (Å²) in [6, 6.07) is 3.74. The van der Waals surface area contributed by atoms with Gasteiger partial charge in [-0.2, -0.15) is 5.10 Å². The Morgan fingerprint density at radius 1 is 1.38 bits per heavy atom. The predicted octanol–water partition coefficient (Wildman–Crippen LogP) is 1.88. The standard InChI is InChI=1S/C7H5ClN4S/c8-7-2-1-6(13-7)3-11-12-4-9-10-5-12/h1-5H/b11-3+. The first kappa shape index (κ1) is 8.40. The molecule has 0 aliphatic heterocycles. The van der Waals surface area contributed by atoms with E-state index in [-0.39, 0.29) is 0 Å². The van der Waals surface area contributed by atoms with Gasteiger partial charge >= 0.3 is 0 Å². The van der Waals surface area contributed by atoms with Crippen molar-refractivity contribution >= 4 is 29.2 Å². The third-order valence-electron chi connectivity index (χ3n) is 1.32. The van der Waals surface area contributed by atoms with Gasteiger partial charge in [0.25, 0.3) is 0 Å². The molecular formula is C7H5ClN4S. The summed E-state index contributed by atoms with van der Waals surface area (Å²) in [6.07, 6.45) is 4.75. The molecule has 2 aromatic rings. The van der Waals surface area contributed by atoms with E-state index in [2.05, 4.69) is 15.3 Å². The van der Waals surface area contributed by atoms with Crippen LogP contribution in [0.1, 0.15) is 4.88 Å². The van der Waals surface area contributed by atoms with Crippen molar-refractivity contribution in [2.45, 2.75) is 0 Å². The van der Waals surface area contributed by atoms with E-state index in [0.717, 1.165) is 9.21 Å². The highest BCUT2D eigenvalue weighted by atomic mass is 35.5. The molecule has 0 fully saturated rings. The average Bonchev–Trinajstić information content (AvgIpc) is 2.71. The molecule has 0 aliphatic carbocycles. The van der Waals surface area contributed by atoms with E-state index in [1.165, 1.54) is 28.7 Å². The zero-order chi connectivity index (χ0) is 9.10. The Bertz CT molecular complexity index is 406. The molecule has 66 valence electrons. The number of aromatic nitrogens is 3. The van der Waals surface area contributed by atoms with Gasteiger partial charge in [-0.05, 0) is 12.1 Å². The highest BCUT2D eigenvalue weighted by Crippen LogP contribution is 2.19. The van der Waals surface area contributed by atoms with E-state index in [0.29, 0.717) is 0 Å². The van der Waals surface area contributed by atoms with Crippen LogP contribution < -0.4 is 0 Å². The zero-order valence-electron chi connectivity index (χ0n) is 6.46. The van der Waals surface area contributed by atoms with E-state index in [4.69, 9.17) is 11.6 Å². The minimum absolute atomic E-state index is 0.755. The molecule has 0 saturated heterocycles. The van der Waals surface area contributed by atoms with Crippen LogP contribution in [-0.4, -0.2) is 21.1 Å². The number of thiophene rings is 1. The van der Waals surface area contributed by atoms with Gasteiger partial charge in [0.2, 0.25) is 0 Å². The van der Waals surface area contributed by atoms with Gasteiger partial charge in [0, 0.05) is 4.88 Å². The van der Waals surface area contributed by atoms with Crippen LogP contribution in [0.5, 0.6) is 0 Å². The van der Waals surface area contributed by atoms with Crippen molar-refractivity contribution in [2.24, 2.45) is 5.10 Å². The molecule has 0 N–H and O–H groups in total. The summed E-state index contributed by atoms with van der Waals surface area (Å²) < 4.78 is 2.28. The minimum atomic E-state index is 0.755. The van der Waals surface area contributed by atoms with Crippen LogP contribution in [0.25, 0.3) is 0 Å². The Labute approximate surface area is 83.5 Å². The predicted molar refractivity (Wildman–Crippen MR) is 52.3 cm³/mol. The molecule has 6 heteroatoms. The Balaban J connectivity index is 2.14. The lowest BCUT2D eigenvalue weighted by atomic mass is 10.5. The Morgan fingerprint density at radius 2 is 2.15 bits per heavy atom. The topological polar surface area (TPSA) is 43.1 Å². The second-order valence-corrected chi connectivity index (χ2v) is 3.97. The summed E-state index contributed by atoms with van der Waals surface area (Å²) in [7, 11) is 0. The van der Waals surface area contributed by atoms with E-state index in [9.17, 15) is 0 Å². The normalized spacial score (nSPS) is 11.2. The van der Waals surface area contributed by atoms with Gasteiger partial charge in [0.15, 0.2) is 0 Å². The molecule has 0 radical (unpaired) electrons. The lowest BCUT2D eigenvalue weighted by Crippen LogP contribution is -1.83. The SMILES string of the molecule is Clc1ccc(/C=N/n2cnnc2)s1. The van der Waals surface area contributed by atoms with Crippen LogP contribution in [0.4, 0.5) is 0 Å². The summed E-state index contributed by atoms with van der Waals surface area (Å²) in [5, 5.41) is 11.3. The van der Waals surface area contributed by atoms with Crippen LogP contribution in [0, 0.1) is 0 Å². The van der Waals surface area contributed by atoms with Gasteiger partial charge in [-0.3, -0.25) is 0 Å². The second-order valence-electron chi connectivity index (χ2n) is 2.23. The number of halogens is 1. The second kappa shape index (κ2) is 3.68. The van der Waals surface area contributed by atoms with Crippen molar-refractivity contribution in [3.63, 3.8) is 0 Å². The van der Waals surface area contributed by atoms with Crippen LogP contribution in [0.3, 0.4) is 0 Å². The number of hydrogen-bond acceptors (Lipinski definition) is 4. The van der Waals surface area contributed by atoms with Crippen molar-refractivity contribution in [3.05, 3.63) is 34.0 Å². The summed E-state index contributed by atoms with van der Waals surface area (Å²) in [5.74, 6) is 0. The number of nitrogens with zero attached hydrogens (tertiary/aromatic N) is 4. The molecule has 0 aliphatic rings. The van der Waals surface area contributed by atoms with Gasteiger partial charge < -0.3 is 0 Å². The van der Waals surface area contributed by atoms with Gasteiger partial charge in [0.1, 0.15) is 12.7 Å². The molecule has 2 heterocycles. The lowest BCUT2D eigenvalue weighted by Gasteiger charge is -1.85. The summed E-state index contributed by atoms with van der Waals surface area (Å²) >= 11 is 7.22. The number of hydrogen-bond donors (Lipinski definition) is 0. The Hall–Kier alpha value is -1.20. The fraction of sp³-hybridized carbons (Fsp3) is 0. The maximum atomic E-state index is 5.75. The van der Waals surface area contributed by atoms with Crippen molar-refractivity contribution < 1.29 is 0 Å². The van der Waals surface area contributed by atoms with E-state index in [1.807, 2.05) is 12.1 Å². The van der Waals surface area contributed by atoms with E-state index < -0.39 is 0 Å². The van der Waals surface area contributed by atoms with Crippen molar-refractivity contribution in [1.82, 2.24) is 14.9 Å². The van der Waals surface area contributed by atoms with Crippen LogP contribution in [0.15, 0.2) is 29.9 Å². The zero-order valence-corrected chi connectivity index (χ0v) is 8.03. The highest BCUT2D eigenvalue weighted by molar-refractivity contribution is 7.17. The van der Waals surface area contributed by atoms with Crippen LogP contribution in [0.2, 0.25) is 4.34 Å². The smallest absolute Gasteiger partial charge is 0.141 e. The first-order valence-corrected chi connectivity index (χ1v) is 4.68. The molecule has 0 aromatic carbocycles. The lowest BCUT2D eigenvalue weighted by molar-refractivity contribution is 0.879. The fourth-order valence-electron chi connectivity index (χ4n) is 0.776. The molecule has 0 spiro atoms. The monoisotopic (exact) mass is 212 g/mol. The van der Waals surface area contributed by atoms with E-state index >= 15 is 0 Å². The van der Waals surface area contributed by atoms with Gasteiger partial charge in [-0.15, -0.1) is 21.5 Å². The van der Waals surface area contributed by atoms with Crippen molar-refractivity contribution in [2.75, 3.05) is 0 Å². The molecule has 13 heavy (non-hydrogen) atoms. The van der Waals surface area contributed by atoms with Gasteiger partial charge in [0.05, 0.1) is 10.6 Å². The Morgan fingerprint density at radius 3 is 2.77 bits per heavy atom. The summed E-state index contributed by atoms with van der Waals surface area (Å²) in [6.45, 7) is 0. The third kappa shape index (κ3) is 2.13. The van der Waals surface area contributed by atoms with Crippen molar-refractivity contribution in [3.8, 4) is 0 Å². The number of rotatable bonds is 2. The van der Waals surface area contributed by atoms with E-state index in [1.54, 1.807) is 6.21 Å². The molecule has 0 unspecified atom stereocenters. The minimum Gasteiger partial charge on any atom is -0.208 e. The average molecular weight is 213 g/mol. The molecule has 0 amide bonds. The first-order valence-electron chi connectivity index (χ1n) is 3.49. The molecule has 4 nitrogen and oxygen atoms in total. The molecule has 2 rings (SSSR count). The first-order chi connectivity index (χ1) is 6.34. The van der Waals surface area contributed by atoms with Crippen molar-refractivity contribution in [1.29, 1.82) is 0 Å². The molecule has 0 saturated carbocycles. The molecule has 0 bridgehead atoms.